The summed E-state index contributed by atoms with van der Waals surface area (Å²) in [5.41, 5.74) is 4.04. The summed E-state index contributed by atoms with van der Waals surface area (Å²) in [5.74, 6) is -0.811. The van der Waals surface area contributed by atoms with E-state index in [0.29, 0.717) is 16.5 Å². The first-order valence-corrected chi connectivity index (χ1v) is 12.4. The third kappa shape index (κ3) is 4.35. The van der Waals surface area contributed by atoms with Crippen molar-refractivity contribution in [2.45, 2.75) is 56.4 Å². The molecule has 0 unspecified atom stereocenters. The SMILES string of the molecule is O=C(NC1(C(=O)O)Cc2ccccc2C1)c1ccc(Cl)c(-c2ccc(C3CCCCC3)cc2)c1. The van der Waals surface area contributed by atoms with Crippen molar-refractivity contribution >= 4 is 23.5 Å². The van der Waals surface area contributed by atoms with Crippen LogP contribution in [0, 0.1) is 0 Å². The molecular formula is C29H28ClNO3. The molecule has 4 nitrogen and oxygen atoms in total. The number of nitrogens with one attached hydrogen (secondary N) is 1. The lowest BCUT2D eigenvalue weighted by Gasteiger charge is -2.25. The molecule has 1 amide bonds. The Kier molecular flexibility index (Phi) is 6.18. The van der Waals surface area contributed by atoms with Crippen molar-refractivity contribution in [2.75, 3.05) is 0 Å². The van der Waals surface area contributed by atoms with Gasteiger partial charge in [-0.05, 0) is 59.2 Å². The van der Waals surface area contributed by atoms with E-state index in [1.54, 1.807) is 18.2 Å². The van der Waals surface area contributed by atoms with Crippen LogP contribution in [0.3, 0.4) is 0 Å². The minimum Gasteiger partial charge on any atom is -0.479 e. The summed E-state index contributed by atoms with van der Waals surface area (Å²) < 4.78 is 0. The second-order valence-corrected chi connectivity index (χ2v) is 10.0. The summed E-state index contributed by atoms with van der Waals surface area (Å²) >= 11 is 6.51. The molecule has 0 heterocycles. The van der Waals surface area contributed by atoms with Crippen LogP contribution in [0.1, 0.15) is 65.1 Å². The number of rotatable bonds is 5. The Morgan fingerprint density at radius 3 is 2.15 bits per heavy atom. The lowest BCUT2D eigenvalue weighted by atomic mass is 9.83. The average molecular weight is 474 g/mol. The van der Waals surface area contributed by atoms with Gasteiger partial charge < -0.3 is 10.4 Å². The molecule has 3 aromatic rings. The fourth-order valence-corrected chi connectivity index (χ4v) is 5.68. The molecule has 174 valence electrons. The summed E-state index contributed by atoms with van der Waals surface area (Å²) in [6, 6.07) is 21.2. The summed E-state index contributed by atoms with van der Waals surface area (Å²) in [4.78, 5) is 25.4. The highest BCUT2D eigenvalue weighted by Gasteiger charge is 2.45. The molecule has 0 radical (unpaired) electrons. The molecule has 0 bridgehead atoms. The molecule has 0 aromatic heterocycles. The van der Waals surface area contributed by atoms with E-state index in [9.17, 15) is 14.7 Å². The topological polar surface area (TPSA) is 66.4 Å². The molecular weight excluding hydrogens is 446 g/mol. The highest BCUT2D eigenvalue weighted by atomic mass is 35.5. The van der Waals surface area contributed by atoms with E-state index in [-0.39, 0.29) is 12.8 Å². The molecule has 1 saturated carbocycles. The van der Waals surface area contributed by atoms with E-state index in [2.05, 4.69) is 29.6 Å². The quantitative estimate of drug-likeness (QED) is 0.450. The van der Waals surface area contributed by atoms with Crippen molar-refractivity contribution in [2.24, 2.45) is 0 Å². The number of fused-ring (bicyclic) bond motifs is 1. The summed E-state index contributed by atoms with van der Waals surface area (Å²) in [7, 11) is 0. The Morgan fingerprint density at radius 1 is 0.882 bits per heavy atom. The van der Waals surface area contributed by atoms with Gasteiger partial charge in [0.25, 0.3) is 5.91 Å². The van der Waals surface area contributed by atoms with Gasteiger partial charge in [-0.25, -0.2) is 4.79 Å². The molecule has 0 spiro atoms. The molecule has 5 rings (SSSR count). The van der Waals surface area contributed by atoms with Gasteiger partial charge in [-0.1, -0.05) is 79.4 Å². The van der Waals surface area contributed by atoms with E-state index in [0.717, 1.165) is 22.3 Å². The maximum Gasteiger partial charge on any atom is 0.330 e. The standard InChI is InChI=1S/C29H28ClNO3/c30-26-15-14-22(16-25(26)21-12-10-20(11-13-21)19-6-2-1-3-7-19)27(32)31-29(28(33)34)17-23-8-4-5-9-24(23)18-29/h4-5,8-16,19H,1-3,6-7,17-18H2,(H,31,32)(H,33,34). The second-order valence-electron chi connectivity index (χ2n) is 9.62. The number of carboxylic acids is 1. The molecule has 2 aliphatic rings. The minimum absolute atomic E-state index is 0.271. The Bertz CT molecular complexity index is 1200. The number of carboxylic acid groups (broad SMARTS) is 1. The largest absolute Gasteiger partial charge is 0.479 e. The summed E-state index contributed by atoms with van der Waals surface area (Å²) in [6.45, 7) is 0. The molecule has 2 aliphatic carbocycles. The number of benzene rings is 3. The molecule has 1 fully saturated rings. The molecule has 0 aliphatic heterocycles. The maximum absolute atomic E-state index is 13.2. The molecule has 0 saturated heterocycles. The number of halogens is 1. The molecule has 0 atom stereocenters. The Labute approximate surface area is 205 Å². The van der Waals surface area contributed by atoms with Gasteiger partial charge in [0.2, 0.25) is 0 Å². The van der Waals surface area contributed by atoms with E-state index >= 15 is 0 Å². The zero-order valence-corrected chi connectivity index (χ0v) is 19.8. The van der Waals surface area contributed by atoms with Gasteiger partial charge in [-0.3, -0.25) is 4.79 Å². The van der Waals surface area contributed by atoms with Crippen LogP contribution in [-0.2, 0) is 17.6 Å². The second kappa shape index (κ2) is 9.27. The van der Waals surface area contributed by atoms with Crippen LogP contribution in [0.15, 0.2) is 66.7 Å². The first-order chi connectivity index (χ1) is 16.4. The summed E-state index contributed by atoms with van der Waals surface area (Å²) in [5, 5.41) is 13.4. The lowest BCUT2D eigenvalue weighted by Crippen LogP contribution is -2.55. The third-order valence-electron chi connectivity index (χ3n) is 7.39. The number of carbonyl (C=O) groups is 2. The van der Waals surface area contributed by atoms with Gasteiger partial charge in [0, 0.05) is 29.0 Å². The van der Waals surface area contributed by atoms with E-state index < -0.39 is 17.4 Å². The van der Waals surface area contributed by atoms with Crippen LogP contribution >= 0.6 is 11.6 Å². The molecule has 5 heteroatoms. The number of hydrogen-bond donors (Lipinski definition) is 2. The number of aliphatic carboxylic acids is 1. The zero-order chi connectivity index (χ0) is 23.7. The van der Waals surface area contributed by atoms with Gasteiger partial charge in [0.05, 0.1) is 0 Å². The number of carbonyl (C=O) groups excluding carboxylic acids is 1. The van der Waals surface area contributed by atoms with E-state index in [1.807, 2.05) is 24.3 Å². The van der Waals surface area contributed by atoms with Crippen LogP contribution in [-0.4, -0.2) is 22.5 Å². The van der Waals surface area contributed by atoms with Crippen molar-refractivity contribution in [1.82, 2.24) is 5.32 Å². The van der Waals surface area contributed by atoms with Gasteiger partial charge in [-0.15, -0.1) is 0 Å². The molecule has 3 aromatic carbocycles. The zero-order valence-electron chi connectivity index (χ0n) is 19.0. The highest BCUT2D eigenvalue weighted by Crippen LogP contribution is 2.35. The first kappa shape index (κ1) is 22.7. The van der Waals surface area contributed by atoms with Gasteiger partial charge in [0.1, 0.15) is 5.54 Å². The Hall–Kier alpha value is -3.11. The lowest BCUT2D eigenvalue weighted by molar-refractivity contribution is -0.144. The summed E-state index contributed by atoms with van der Waals surface area (Å²) in [6.07, 6.45) is 6.93. The average Bonchev–Trinajstić information content (AvgIpc) is 3.24. The highest BCUT2D eigenvalue weighted by molar-refractivity contribution is 6.33. The number of hydrogen-bond acceptors (Lipinski definition) is 2. The van der Waals surface area contributed by atoms with E-state index in [4.69, 9.17) is 11.6 Å². The van der Waals surface area contributed by atoms with Crippen LogP contribution in [0.4, 0.5) is 0 Å². The Morgan fingerprint density at radius 2 is 1.53 bits per heavy atom. The van der Waals surface area contributed by atoms with Crippen molar-refractivity contribution < 1.29 is 14.7 Å². The van der Waals surface area contributed by atoms with E-state index in [1.165, 1.54) is 37.7 Å². The van der Waals surface area contributed by atoms with Crippen LogP contribution < -0.4 is 5.32 Å². The smallest absolute Gasteiger partial charge is 0.330 e. The third-order valence-corrected chi connectivity index (χ3v) is 7.72. The van der Waals surface area contributed by atoms with Crippen molar-refractivity contribution in [3.05, 3.63) is 94.0 Å². The van der Waals surface area contributed by atoms with Crippen LogP contribution in [0.2, 0.25) is 5.02 Å². The van der Waals surface area contributed by atoms with Gasteiger partial charge >= 0.3 is 5.97 Å². The number of amides is 1. The fraction of sp³-hybridized carbons (Fsp3) is 0.310. The normalized spacial score (nSPS) is 17.2. The van der Waals surface area contributed by atoms with Crippen molar-refractivity contribution in [3.63, 3.8) is 0 Å². The van der Waals surface area contributed by atoms with Crippen LogP contribution in [0.5, 0.6) is 0 Å². The van der Waals surface area contributed by atoms with Gasteiger partial charge in [0.15, 0.2) is 0 Å². The first-order valence-electron chi connectivity index (χ1n) is 12.0. The molecule has 34 heavy (non-hydrogen) atoms. The minimum atomic E-state index is -1.35. The van der Waals surface area contributed by atoms with Crippen LogP contribution in [0.25, 0.3) is 11.1 Å². The predicted molar refractivity (Wildman–Crippen MR) is 134 cm³/mol. The molecule has 2 N–H and O–H groups in total. The Balaban J connectivity index is 1.38. The maximum atomic E-state index is 13.2. The predicted octanol–water partition coefficient (Wildman–Crippen LogP) is 6.41. The fourth-order valence-electron chi connectivity index (χ4n) is 5.46. The monoisotopic (exact) mass is 473 g/mol. The van der Waals surface area contributed by atoms with Crippen molar-refractivity contribution in [3.8, 4) is 11.1 Å². The van der Waals surface area contributed by atoms with Gasteiger partial charge in [-0.2, -0.15) is 0 Å². The van der Waals surface area contributed by atoms with Crippen molar-refractivity contribution in [1.29, 1.82) is 0 Å².